The molecule has 0 spiro atoms. The second-order valence-corrected chi connectivity index (χ2v) is 4.58. The average molecular weight is 307 g/mol. The molecule has 0 unspecified atom stereocenters. The van der Waals surface area contributed by atoms with Crippen LogP contribution in [0.25, 0.3) is 22.5 Å². The minimum absolute atomic E-state index is 0.0703. The summed E-state index contributed by atoms with van der Waals surface area (Å²) in [6.07, 6.45) is 0. The van der Waals surface area contributed by atoms with Gasteiger partial charge < -0.3 is 10.3 Å². The van der Waals surface area contributed by atoms with E-state index in [1.54, 1.807) is 0 Å². The van der Waals surface area contributed by atoms with Crippen LogP contribution in [0.4, 0.5) is 10.3 Å². The Kier molecular flexibility index (Phi) is 3.19. The van der Waals surface area contributed by atoms with Crippen molar-refractivity contribution < 1.29 is 8.91 Å². The van der Waals surface area contributed by atoms with Gasteiger partial charge >= 0.3 is 0 Å². The molecule has 0 aliphatic rings. The van der Waals surface area contributed by atoms with Crippen molar-refractivity contribution in [2.45, 2.75) is 0 Å². The SMILES string of the molecule is Nc1onc(-c2ccc(=O)[nH]n2)c1-c1c(F)cccc1Cl. The van der Waals surface area contributed by atoms with Gasteiger partial charge in [0.15, 0.2) is 0 Å². The topological polar surface area (TPSA) is 97.8 Å². The summed E-state index contributed by atoms with van der Waals surface area (Å²) in [5, 5.41) is 10.0. The fourth-order valence-electron chi connectivity index (χ4n) is 1.93. The van der Waals surface area contributed by atoms with Crippen LogP contribution in [0.2, 0.25) is 5.02 Å². The summed E-state index contributed by atoms with van der Waals surface area (Å²) in [5.41, 5.74) is 6.08. The molecule has 8 heteroatoms. The Balaban J connectivity index is 2.27. The lowest BCUT2D eigenvalue weighted by molar-refractivity contribution is 0.439. The van der Waals surface area contributed by atoms with E-state index in [9.17, 15) is 9.18 Å². The van der Waals surface area contributed by atoms with E-state index in [1.165, 1.54) is 30.3 Å². The molecule has 106 valence electrons. The van der Waals surface area contributed by atoms with E-state index in [0.717, 1.165) is 0 Å². The first-order valence-corrected chi connectivity index (χ1v) is 6.21. The molecule has 1 aromatic carbocycles. The van der Waals surface area contributed by atoms with Crippen LogP contribution in [0, 0.1) is 5.82 Å². The van der Waals surface area contributed by atoms with Crippen molar-refractivity contribution in [2.75, 3.05) is 5.73 Å². The Hall–Kier alpha value is -2.67. The van der Waals surface area contributed by atoms with Crippen molar-refractivity contribution in [1.82, 2.24) is 15.4 Å². The minimum Gasteiger partial charge on any atom is -0.367 e. The molecule has 0 bridgehead atoms. The van der Waals surface area contributed by atoms with Gasteiger partial charge in [0, 0.05) is 11.6 Å². The lowest BCUT2D eigenvalue weighted by atomic mass is 10.0. The van der Waals surface area contributed by atoms with E-state index in [-0.39, 0.29) is 39.0 Å². The van der Waals surface area contributed by atoms with Crippen LogP contribution in [-0.4, -0.2) is 15.4 Å². The minimum atomic E-state index is -0.567. The van der Waals surface area contributed by atoms with Gasteiger partial charge in [-0.05, 0) is 18.2 Å². The molecule has 0 atom stereocenters. The predicted octanol–water partition coefficient (Wildman–Crippen LogP) is 2.47. The van der Waals surface area contributed by atoms with Crippen molar-refractivity contribution in [2.24, 2.45) is 0 Å². The second kappa shape index (κ2) is 5.02. The van der Waals surface area contributed by atoms with E-state index < -0.39 is 5.82 Å². The molecule has 3 rings (SSSR count). The van der Waals surface area contributed by atoms with Gasteiger partial charge in [0.1, 0.15) is 17.2 Å². The fraction of sp³-hybridized carbons (Fsp3) is 0. The van der Waals surface area contributed by atoms with Gasteiger partial charge in [0.2, 0.25) is 5.88 Å². The summed E-state index contributed by atoms with van der Waals surface area (Å²) in [6, 6.07) is 6.94. The molecule has 6 nitrogen and oxygen atoms in total. The summed E-state index contributed by atoms with van der Waals surface area (Å²) >= 11 is 6.03. The van der Waals surface area contributed by atoms with Crippen LogP contribution in [-0.2, 0) is 0 Å². The molecule has 0 saturated carbocycles. The number of hydrogen-bond donors (Lipinski definition) is 2. The van der Waals surface area contributed by atoms with E-state index in [2.05, 4.69) is 15.4 Å². The number of aromatic nitrogens is 3. The summed E-state index contributed by atoms with van der Waals surface area (Å²) < 4.78 is 19.0. The lowest BCUT2D eigenvalue weighted by Crippen LogP contribution is -2.06. The Morgan fingerprint density at radius 2 is 2.05 bits per heavy atom. The third-order valence-corrected chi connectivity index (χ3v) is 3.17. The Morgan fingerprint density at radius 1 is 1.24 bits per heavy atom. The van der Waals surface area contributed by atoms with Gasteiger partial charge in [-0.1, -0.05) is 22.8 Å². The van der Waals surface area contributed by atoms with Crippen molar-refractivity contribution in [3.05, 3.63) is 51.5 Å². The molecular formula is C13H8ClFN4O2. The second-order valence-electron chi connectivity index (χ2n) is 4.17. The maximum atomic E-state index is 14.1. The highest BCUT2D eigenvalue weighted by Crippen LogP contribution is 2.40. The number of benzene rings is 1. The van der Waals surface area contributed by atoms with Crippen molar-refractivity contribution in [1.29, 1.82) is 0 Å². The van der Waals surface area contributed by atoms with Crippen molar-refractivity contribution in [3.8, 4) is 22.5 Å². The van der Waals surface area contributed by atoms with Crippen LogP contribution in [0.3, 0.4) is 0 Å². The first-order chi connectivity index (χ1) is 10.1. The zero-order valence-corrected chi connectivity index (χ0v) is 11.2. The van der Waals surface area contributed by atoms with Gasteiger partial charge in [-0.15, -0.1) is 0 Å². The fourth-order valence-corrected chi connectivity index (χ4v) is 2.19. The maximum Gasteiger partial charge on any atom is 0.264 e. The number of nitrogens with zero attached hydrogens (tertiary/aromatic N) is 2. The van der Waals surface area contributed by atoms with Crippen molar-refractivity contribution >= 4 is 17.5 Å². The lowest BCUT2D eigenvalue weighted by Gasteiger charge is -2.05. The molecular weight excluding hydrogens is 299 g/mol. The summed E-state index contributed by atoms with van der Waals surface area (Å²) in [5.74, 6) is -0.659. The zero-order valence-electron chi connectivity index (χ0n) is 10.4. The summed E-state index contributed by atoms with van der Waals surface area (Å²) in [6.45, 7) is 0. The number of nitrogen functional groups attached to an aromatic ring is 1. The van der Waals surface area contributed by atoms with Gasteiger partial charge in [-0.25, -0.2) is 9.49 Å². The monoisotopic (exact) mass is 306 g/mol. The smallest absolute Gasteiger partial charge is 0.264 e. The Morgan fingerprint density at radius 3 is 2.71 bits per heavy atom. The van der Waals surface area contributed by atoms with Crippen molar-refractivity contribution in [3.63, 3.8) is 0 Å². The summed E-state index contributed by atoms with van der Waals surface area (Å²) in [4.78, 5) is 11.1. The van der Waals surface area contributed by atoms with Gasteiger partial charge in [0.25, 0.3) is 5.56 Å². The molecule has 0 aliphatic heterocycles. The van der Waals surface area contributed by atoms with E-state index in [0.29, 0.717) is 0 Å². The normalized spacial score (nSPS) is 10.8. The number of aromatic amines is 1. The Labute approximate surface area is 122 Å². The first-order valence-electron chi connectivity index (χ1n) is 5.83. The molecule has 0 saturated heterocycles. The first kappa shape index (κ1) is 13.3. The van der Waals surface area contributed by atoms with Crippen LogP contribution in [0.5, 0.6) is 0 Å². The maximum absolute atomic E-state index is 14.1. The van der Waals surface area contributed by atoms with Gasteiger partial charge in [-0.3, -0.25) is 4.79 Å². The zero-order chi connectivity index (χ0) is 15.0. The van der Waals surface area contributed by atoms with Gasteiger partial charge in [0.05, 0.1) is 10.6 Å². The Bertz CT molecular complexity index is 834. The van der Waals surface area contributed by atoms with Gasteiger partial charge in [-0.2, -0.15) is 5.10 Å². The molecule has 0 amide bonds. The largest absolute Gasteiger partial charge is 0.367 e. The number of H-pyrrole nitrogens is 1. The number of rotatable bonds is 2. The number of hydrogen-bond acceptors (Lipinski definition) is 5. The molecule has 0 fully saturated rings. The van der Waals surface area contributed by atoms with Crippen LogP contribution in [0.1, 0.15) is 0 Å². The highest BCUT2D eigenvalue weighted by molar-refractivity contribution is 6.33. The number of nitrogens with two attached hydrogens (primary N) is 1. The molecule has 3 aromatic rings. The predicted molar refractivity (Wildman–Crippen MR) is 75.2 cm³/mol. The van der Waals surface area contributed by atoms with Crippen LogP contribution < -0.4 is 11.3 Å². The quantitative estimate of drug-likeness (QED) is 0.758. The average Bonchev–Trinajstić information content (AvgIpc) is 2.82. The highest BCUT2D eigenvalue weighted by atomic mass is 35.5. The number of halogens is 2. The molecule has 2 aromatic heterocycles. The van der Waals surface area contributed by atoms with Crippen LogP contribution >= 0.6 is 11.6 Å². The number of nitrogens with one attached hydrogen (secondary N) is 1. The third kappa shape index (κ3) is 2.27. The standard InChI is InChI=1S/C13H8ClFN4O2/c14-6-2-1-3-7(15)10(6)11-12(19-21-13(11)16)8-4-5-9(20)18-17-8/h1-5H,16H2,(H,18,20). The summed E-state index contributed by atoms with van der Waals surface area (Å²) in [7, 11) is 0. The molecule has 3 N–H and O–H groups in total. The molecule has 21 heavy (non-hydrogen) atoms. The molecule has 2 heterocycles. The third-order valence-electron chi connectivity index (χ3n) is 2.85. The van der Waals surface area contributed by atoms with E-state index in [4.69, 9.17) is 21.9 Å². The van der Waals surface area contributed by atoms with E-state index >= 15 is 0 Å². The molecule has 0 aliphatic carbocycles. The van der Waals surface area contributed by atoms with E-state index in [1.807, 2.05) is 0 Å². The number of anilines is 1. The molecule has 0 radical (unpaired) electrons. The highest BCUT2D eigenvalue weighted by Gasteiger charge is 2.23. The van der Waals surface area contributed by atoms with Crippen LogP contribution in [0.15, 0.2) is 39.6 Å².